The van der Waals surface area contributed by atoms with Crippen molar-refractivity contribution in [3.05, 3.63) is 46.6 Å². The normalized spacial score (nSPS) is 13.3. The fourth-order valence-electron chi connectivity index (χ4n) is 2.20. The van der Waals surface area contributed by atoms with Crippen molar-refractivity contribution in [1.82, 2.24) is 0 Å². The Morgan fingerprint density at radius 3 is 2.78 bits per heavy atom. The molecular formula is C15H14BrNO. The summed E-state index contributed by atoms with van der Waals surface area (Å²) in [6, 6.07) is 12.4. The molecule has 2 aromatic carbocycles. The van der Waals surface area contributed by atoms with Gasteiger partial charge in [0.25, 0.3) is 0 Å². The van der Waals surface area contributed by atoms with Crippen LogP contribution in [0.25, 0.3) is 21.7 Å². The minimum Gasteiger partial charge on any atom is -0.458 e. The van der Waals surface area contributed by atoms with Gasteiger partial charge in [-0.25, -0.2) is 0 Å². The summed E-state index contributed by atoms with van der Waals surface area (Å²) in [5.41, 5.74) is 6.91. The summed E-state index contributed by atoms with van der Waals surface area (Å²) in [6.45, 7) is 2.06. The summed E-state index contributed by atoms with van der Waals surface area (Å²) in [5.74, 6) is 0.850. The summed E-state index contributed by atoms with van der Waals surface area (Å²) in [5, 5.41) is 3.46. The van der Waals surface area contributed by atoms with Gasteiger partial charge in [0.05, 0.1) is 10.5 Å². The Morgan fingerprint density at radius 1 is 1.22 bits per heavy atom. The number of rotatable bonds is 2. The van der Waals surface area contributed by atoms with E-state index in [0.717, 1.165) is 33.0 Å². The van der Waals surface area contributed by atoms with E-state index in [1.807, 2.05) is 18.2 Å². The molecular weight excluding hydrogens is 290 g/mol. The van der Waals surface area contributed by atoms with Gasteiger partial charge in [0.1, 0.15) is 11.3 Å². The van der Waals surface area contributed by atoms with Gasteiger partial charge in [-0.1, -0.05) is 31.2 Å². The van der Waals surface area contributed by atoms with Gasteiger partial charge in [-0.15, -0.1) is 0 Å². The van der Waals surface area contributed by atoms with Gasteiger partial charge < -0.3 is 10.2 Å². The molecule has 0 amide bonds. The third-order valence-corrected chi connectivity index (χ3v) is 4.08. The number of halogens is 1. The lowest BCUT2D eigenvalue weighted by Gasteiger charge is -2.03. The zero-order valence-electron chi connectivity index (χ0n) is 10.1. The molecule has 0 saturated carbocycles. The van der Waals surface area contributed by atoms with Crippen LogP contribution in [0, 0.1) is 0 Å². The molecule has 1 heterocycles. The highest BCUT2D eigenvalue weighted by atomic mass is 79.9. The third kappa shape index (κ3) is 1.74. The molecule has 0 bridgehead atoms. The van der Waals surface area contributed by atoms with E-state index in [1.165, 1.54) is 5.39 Å². The van der Waals surface area contributed by atoms with E-state index in [0.29, 0.717) is 0 Å². The monoisotopic (exact) mass is 303 g/mol. The predicted octanol–water partition coefficient (Wildman–Crippen LogP) is 4.76. The average Bonchev–Trinajstić information content (AvgIpc) is 2.82. The molecule has 0 aliphatic rings. The molecule has 0 radical (unpaired) electrons. The Labute approximate surface area is 114 Å². The van der Waals surface area contributed by atoms with Crippen LogP contribution in [-0.2, 0) is 0 Å². The van der Waals surface area contributed by atoms with Gasteiger partial charge in [-0.2, -0.15) is 0 Å². The molecule has 3 rings (SSSR count). The fraction of sp³-hybridized carbons (Fsp3) is 0.200. The maximum atomic E-state index is 6.02. The second-order valence-electron chi connectivity index (χ2n) is 4.49. The minimum atomic E-state index is -0.0348. The number of nitrogens with two attached hydrogens (primary N) is 1. The molecule has 1 atom stereocenters. The minimum absolute atomic E-state index is 0.0348. The molecule has 1 aromatic heterocycles. The molecule has 92 valence electrons. The largest absolute Gasteiger partial charge is 0.458 e. The molecule has 3 aromatic rings. The first kappa shape index (κ1) is 11.8. The molecule has 0 aliphatic heterocycles. The summed E-state index contributed by atoms with van der Waals surface area (Å²) in [6.07, 6.45) is 0.872. The van der Waals surface area contributed by atoms with Crippen LogP contribution in [0.2, 0.25) is 0 Å². The van der Waals surface area contributed by atoms with Crippen LogP contribution >= 0.6 is 15.9 Å². The number of benzene rings is 2. The van der Waals surface area contributed by atoms with Gasteiger partial charge in [0, 0.05) is 5.39 Å². The van der Waals surface area contributed by atoms with Crippen LogP contribution < -0.4 is 5.73 Å². The Balaban J connectivity index is 2.33. The molecule has 0 fully saturated rings. The lowest BCUT2D eigenvalue weighted by molar-refractivity contribution is 0.488. The second kappa shape index (κ2) is 4.41. The molecule has 18 heavy (non-hydrogen) atoms. The SMILES string of the molecule is CCC(N)c1cc2cc3ccccc3c(Br)c2o1. The molecule has 0 saturated heterocycles. The lowest BCUT2D eigenvalue weighted by Crippen LogP contribution is -2.06. The summed E-state index contributed by atoms with van der Waals surface area (Å²) >= 11 is 3.63. The van der Waals surface area contributed by atoms with Crippen LogP contribution in [0.15, 0.2) is 45.3 Å². The summed E-state index contributed by atoms with van der Waals surface area (Å²) in [7, 11) is 0. The Hall–Kier alpha value is -1.32. The highest BCUT2D eigenvalue weighted by Gasteiger charge is 2.14. The van der Waals surface area contributed by atoms with Crippen LogP contribution in [0.4, 0.5) is 0 Å². The van der Waals surface area contributed by atoms with Crippen molar-refractivity contribution < 1.29 is 4.42 Å². The first-order valence-corrected chi connectivity index (χ1v) is 6.86. The zero-order chi connectivity index (χ0) is 12.7. The van der Waals surface area contributed by atoms with Gasteiger partial charge >= 0.3 is 0 Å². The van der Waals surface area contributed by atoms with Crippen molar-refractivity contribution >= 4 is 37.7 Å². The van der Waals surface area contributed by atoms with Crippen molar-refractivity contribution in [3.8, 4) is 0 Å². The molecule has 0 spiro atoms. The van der Waals surface area contributed by atoms with Crippen molar-refractivity contribution in [2.75, 3.05) is 0 Å². The van der Waals surface area contributed by atoms with Gasteiger partial charge in [-0.3, -0.25) is 0 Å². The van der Waals surface area contributed by atoms with Crippen molar-refractivity contribution in [2.45, 2.75) is 19.4 Å². The number of hydrogen-bond donors (Lipinski definition) is 1. The molecule has 1 unspecified atom stereocenters. The van der Waals surface area contributed by atoms with Crippen LogP contribution in [0.5, 0.6) is 0 Å². The lowest BCUT2D eigenvalue weighted by atomic mass is 10.1. The maximum absolute atomic E-state index is 6.02. The van der Waals surface area contributed by atoms with Crippen molar-refractivity contribution in [3.63, 3.8) is 0 Å². The first-order chi connectivity index (χ1) is 8.70. The number of hydrogen-bond acceptors (Lipinski definition) is 2. The van der Waals surface area contributed by atoms with E-state index >= 15 is 0 Å². The predicted molar refractivity (Wildman–Crippen MR) is 78.6 cm³/mol. The van der Waals surface area contributed by atoms with Gasteiger partial charge in [-0.05, 0) is 45.3 Å². The number of furan rings is 1. The Kier molecular flexibility index (Phi) is 2.88. The topological polar surface area (TPSA) is 39.2 Å². The van der Waals surface area contributed by atoms with Crippen molar-refractivity contribution in [2.24, 2.45) is 5.73 Å². The van der Waals surface area contributed by atoms with E-state index in [4.69, 9.17) is 10.2 Å². The highest BCUT2D eigenvalue weighted by Crippen LogP contribution is 2.35. The van der Waals surface area contributed by atoms with Crippen LogP contribution in [0.1, 0.15) is 25.1 Å². The van der Waals surface area contributed by atoms with E-state index in [9.17, 15) is 0 Å². The Morgan fingerprint density at radius 2 is 2.00 bits per heavy atom. The number of fused-ring (bicyclic) bond motifs is 2. The highest BCUT2D eigenvalue weighted by molar-refractivity contribution is 9.10. The van der Waals surface area contributed by atoms with Crippen LogP contribution in [-0.4, -0.2) is 0 Å². The molecule has 3 heteroatoms. The van der Waals surface area contributed by atoms with E-state index < -0.39 is 0 Å². The van der Waals surface area contributed by atoms with Gasteiger partial charge in [0.2, 0.25) is 0 Å². The molecule has 2 nitrogen and oxygen atoms in total. The average molecular weight is 304 g/mol. The first-order valence-electron chi connectivity index (χ1n) is 6.07. The second-order valence-corrected chi connectivity index (χ2v) is 5.29. The van der Waals surface area contributed by atoms with Crippen molar-refractivity contribution in [1.29, 1.82) is 0 Å². The maximum Gasteiger partial charge on any atom is 0.149 e. The quantitative estimate of drug-likeness (QED) is 0.741. The summed E-state index contributed by atoms with van der Waals surface area (Å²) < 4.78 is 6.89. The van der Waals surface area contributed by atoms with E-state index in [-0.39, 0.29) is 6.04 Å². The Bertz CT molecular complexity index is 717. The molecule has 0 aliphatic carbocycles. The van der Waals surface area contributed by atoms with E-state index in [1.54, 1.807) is 0 Å². The third-order valence-electron chi connectivity index (χ3n) is 3.29. The smallest absolute Gasteiger partial charge is 0.149 e. The molecule has 2 N–H and O–H groups in total. The zero-order valence-corrected chi connectivity index (χ0v) is 11.7. The van der Waals surface area contributed by atoms with Crippen LogP contribution in [0.3, 0.4) is 0 Å². The standard InChI is InChI=1S/C15H14BrNO/c1-2-12(17)13-8-10-7-9-5-3-4-6-11(9)14(16)15(10)18-13/h3-8,12H,2,17H2,1H3. The van der Waals surface area contributed by atoms with E-state index in [2.05, 4.69) is 41.1 Å². The summed E-state index contributed by atoms with van der Waals surface area (Å²) in [4.78, 5) is 0. The fourth-order valence-corrected chi connectivity index (χ4v) is 2.87. The van der Waals surface area contributed by atoms with Gasteiger partial charge in [0.15, 0.2) is 0 Å².